The van der Waals surface area contributed by atoms with Gasteiger partial charge in [0, 0.05) is 6.20 Å². The summed E-state index contributed by atoms with van der Waals surface area (Å²) in [6, 6.07) is 14.5. The predicted molar refractivity (Wildman–Crippen MR) is 58.6 cm³/mol. The van der Waals surface area contributed by atoms with E-state index in [1.165, 1.54) is 5.01 Å². The highest BCUT2D eigenvalue weighted by Crippen LogP contribution is 2.22. The molecule has 2 rings (SSSR count). The second kappa shape index (κ2) is 4.32. The van der Waals surface area contributed by atoms with Crippen molar-refractivity contribution < 1.29 is 0 Å². The number of benzene rings is 1. The van der Waals surface area contributed by atoms with Gasteiger partial charge < -0.3 is 0 Å². The summed E-state index contributed by atoms with van der Waals surface area (Å²) in [5.41, 5.74) is 0.700. The van der Waals surface area contributed by atoms with Gasteiger partial charge in [-0.05, 0) is 24.3 Å². The van der Waals surface area contributed by atoms with Crippen molar-refractivity contribution in [3.8, 4) is 0 Å². The molecule has 1 aromatic heterocycles. The minimum Gasteiger partial charge on any atom is -0.237 e. The third-order valence-electron chi connectivity index (χ3n) is 1.95. The summed E-state index contributed by atoms with van der Waals surface area (Å²) >= 11 is 0. The zero-order valence-electron chi connectivity index (χ0n) is 7.95. The van der Waals surface area contributed by atoms with Gasteiger partial charge in [-0.3, -0.25) is 0 Å². The van der Waals surface area contributed by atoms with Gasteiger partial charge in [-0.25, -0.2) is 4.98 Å². The first-order valence-electron chi connectivity index (χ1n) is 4.51. The SMILES string of the molecule is O=NN(c1ccccc1)c1ccccn1. The maximum absolute atomic E-state index is 10.7. The molecule has 0 atom stereocenters. The fourth-order valence-corrected chi connectivity index (χ4v) is 1.27. The molecule has 1 heterocycles. The maximum atomic E-state index is 10.7. The van der Waals surface area contributed by atoms with E-state index in [2.05, 4.69) is 10.3 Å². The second-order valence-electron chi connectivity index (χ2n) is 2.92. The summed E-state index contributed by atoms with van der Waals surface area (Å²) in [4.78, 5) is 14.8. The molecule has 0 N–H and O–H groups in total. The van der Waals surface area contributed by atoms with Crippen molar-refractivity contribution in [3.05, 3.63) is 59.6 Å². The Bertz CT molecular complexity index is 391. The Morgan fingerprint density at radius 3 is 2.33 bits per heavy atom. The second-order valence-corrected chi connectivity index (χ2v) is 2.92. The summed E-state index contributed by atoms with van der Waals surface area (Å²) in [5, 5.41) is 4.20. The van der Waals surface area contributed by atoms with Crippen LogP contribution in [0.25, 0.3) is 0 Å². The first-order chi connectivity index (χ1) is 7.42. The van der Waals surface area contributed by atoms with Gasteiger partial charge in [-0.1, -0.05) is 24.3 Å². The highest BCUT2D eigenvalue weighted by atomic mass is 16.3. The minimum absolute atomic E-state index is 0.513. The molecule has 0 fully saturated rings. The largest absolute Gasteiger partial charge is 0.237 e. The zero-order chi connectivity index (χ0) is 10.5. The Morgan fingerprint density at radius 2 is 1.73 bits per heavy atom. The lowest BCUT2D eigenvalue weighted by atomic mass is 10.3. The number of anilines is 2. The monoisotopic (exact) mass is 199 g/mol. The molecular weight excluding hydrogens is 190 g/mol. The number of nitrogens with zero attached hydrogens (tertiary/aromatic N) is 3. The Labute approximate surface area is 87.1 Å². The first-order valence-corrected chi connectivity index (χ1v) is 4.51. The average molecular weight is 199 g/mol. The van der Waals surface area contributed by atoms with Gasteiger partial charge in [-0.15, -0.1) is 4.91 Å². The van der Waals surface area contributed by atoms with E-state index in [-0.39, 0.29) is 0 Å². The van der Waals surface area contributed by atoms with Crippen LogP contribution in [0.3, 0.4) is 0 Å². The standard InChI is InChI=1S/C11H9N3O/c15-13-14(10-6-2-1-3-7-10)11-8-4-5-9-12-11/h1-9H. The molecule has 4 heteroatoms. The molecule has 0 spiro atoms. The van der Waals surface area contributed by atoms with Crippen LogP contribution in [-0.2, 0) is 0 Å². The summed E-state index contributed by atoms with van der Waals surface area (Å²) in [5.74, 6) is 0.513. The summed E-state index contributed by atoms with van der Waals surface area (Å²) in [6.45, 7) is 0. The maximum Gasteiger partial charge on any atom is 0.157 e. The van der Waals surface area contributed by atoms with Crippen molar-refractivity contribution in [3.63, 3.8) is 0 Å². The van der Waals surface area contributed by atoms with E-state index < -0.39 is 0 Å². The van der Waals surface area contributed by atoms with Crippen LogP contribution in [0, 0.1) is 4.91 Å². The highest BCUT2D eigenvalue weighted by Gasteiger charge is 2.08. The molecule has 0 radical (unpaired) electrons. The van der Waals surface area contributed by atoms with Gasteiger partial charge in [0.05, 0.1) is 11.0 Å². The van der Waals surface area contributed by atoms with Crippen LogP contribution in [-0.4, -0.2) is 4.98 Å². The molecule has 0 bridgehead atoms. The molecule has 0 aliphatic carbocycles. The molecular formula is C11H9N3O. The van der Waals surface area contributed by atoms with Crippen LogP contribution < -0.4 is 5.01 Å². The average Bonchev–Trinajstić information content (AvgIpc) is 2.33. The van der Waals surface area contributed by atoms with Crippen LogP contribution in [0.4, 0.5) is 11.5 Å². The lowest BCUT2D eigenvalue weighted by Crippen LogP contribution is -2.08. The molecule has 0 unspecified atom stereocenters. The van der Waals surface area contributed by atoms with Crippen molar-refractivity contribution in [2.75, 3.05) is 5.01 Å². The van der Waals surface area contributed by atoms with Gasteiger partial charge in [0.2, 0.25) is 0 Å². The van der Waals surface area contributed by atoms with E-state index in [4.69, 9.17) is 0 Å². The third-order valence-corrected chi connectivity index (χ3v) is 1.95. The molecule has 74 valence electrons. The predicted octanol–water partition coefficient (Wildman–Crippen LogP) is 2.90. The van der Waals surface area contributed by atoms with Crippen molar-refractivity contribution >= 4 is 11.5 Å². The fourth-order valence-electron chi connectivity index (χ4n) is 1.27. The van der Waals surface area contributed by atoms with Crippen LogP contribution in [0.2, 0.25) is 0 Å². The van der Waals surface area contributed by atoms with Gasteiger partial charge >= 0.3 is 0 Å². The Morgan fingerprint density at radius 1 is 1.00 bits per heavy atom. The molecule has 4 nitrogen and oxygen atoms in total. The summed E-state index contributed by atoms with van der Waals surface area (Å²) < 4.78 is 0. The molecule has 0 saturated carbocycles. The van der Waals surface area contributed by atoms with Gasteiger partial charge in [-0.2, -0.15) is 5.01 Å². The Kier molecular flexibility index (Phi) is 2.69. The minimum atomic E-state index is 0.513. The molecule has 1 aromatic carbocycles. The molecule has 0 amide bonds. The van der Waals surface area contributed by atoms with E-state index in [1.54, 1.807) is 30.5 Å². The van der Waals surface area contributed by atoms with Gasteiger partial charge in [0.15, 0.2) is 5.82 Å². The number of para-hydroxylation sites is 1. The van der Waals surface area contributed by atoms with Gasteiger partial charge in [0.1, 0.15) is 0 Å². The number of nitroso groups, excluding NO2 is 1. The van der Waals surface area contributed by atoms with Crippen molar-refractivity contribution in [1.82, 2.24) is 4.98 Å². The van der Waals surface area contributed by atoms with E-state index in [9.17, 15) is 4.91 Å². The normalized spacial score (nSPS) is 9.60. The first kappa shape index (κ1) is 9.33. The number of pyridine rings is 1. The van der Waals surface area contributed by atoms with Crippen LogP contribution in [0.15, 0.2) is 60.0 Å². The van der Waals surface area contributed by atoms with Crippen molar-refractivity contribution in [1.29, 1.82) is 0 Å². The molecule has 0 aliphatic rings. The highest BCUT2D eigenvalue weighted by molar-refractivity contribution is 5.58. The van der Waals surface area contributed by atoms with E-state index in [0.29, 0.717) is 11.5 Å². The number of rotatable bonds is 3. The fraction of sp³-hybridized carbons (Fsp3) is 0. The lowest BCUT2D eigenvalue weighted by Gasteiger charge is -2.13. The van der Waals surface area contributed by atoms with Crippen LogP contribution in [0.1, 0.15) is 0 Å². The lowest BCUT2D eigenvalue weighted by molar-refractivity contribution is 1.02. The van der Waals surface area contributed by atoms with Crippen molar-refractivity contribution in [2.24, 2.45) is 5.29 Å². The van der Waals surface area contributed by atoms with E-state index in [0.717, 1.165) is 0 Å². The molecule has 0 saturated heterocycles. The van der Waals surface area contributed by atoms with Crippen LogP contribution >= 0.6 is 0 Å². The topological polar surface area (TPSA) is 45.6 Å². The van der Waals surface area contributed by atoms with E-state index >= 15 is 0 Å². The summed E-state index contributed by atoms with van der Waals surface area (Å²) in [6.07, 6.45) is 1.62. The number of hydrogen-bond donors (Lipinski definition) is 0. The van der Waals surface area contributed by atoms with Crippen molar-refractivity contribution in [2.45, 2.75) is 0 Å². The Balaban J connectivity index is 2.38. The van der Waals surface area contributed by atoms with Crippen LogP contribution in [0.5, 0.6) is 0 Å². The zero-order valence-corrected chi connectivity index (χ0v) is 7.95. The third kappa shape index (κ3) is 1.99. The molecule has 2 aromatic rings. The quantitative estimate of drug-likeness (QED) is 0.564. The van der Waals surface area contributed by atoms with Gasteiger partial charge in [0.25, 0.3) is 0 Å². The molecule has 15 heavy (non-hydrogen) atoms. The Hall–Kier alpha value is -2.23. The smallest absolute Gasteiger partial charge is 0.157 e. The van der Waals surface area contributed by atoms with E-state index in [1.807, 2.05) is 24.3 Å². The summed E-state index contributed by atoms with van der Waals surface area (Å²) in [7, 11) is 0. The number of hydrogen-bond acceptors (Lipinski definition) is 3. The number of aromatic nitrogens is 1. The molecule has 0 aliphatic heterocycles.